The van der Waals surface area contributed by atoms with E-state index in [4.69, 9.17) is 4.74 Å². The molecule has 0 aliphatic rings. The number of esters is 1. The first-order valence-corrected chi connectivity index (χ1v) is 17.0. The minimum absolute atomic E-state index is 0.00188. The maximum Gasteiger partial charge on any atom is 0.343 e. The summed E-state index contributed by atoms with van der Waals surface area (Å²) in [6.07, 6.45) is 0. The van der Waals surface area contributed by atoms with Crippen LogP contribution in [0.15, 0.2) is 125 Å². The molecule has 46 heavy (non-hydrogen) atoms. The average molecular weight is 653 g/mol. The Labute approximate surface area is 266 Å². The Kier molecular flexibility index (Phi) is 8.07. The fourth-order valence-corrected chi connectivity index (χ4v) is 6.76. The summed E-state index contributed by atoms with van der Waals surface area (Å²) < 4.78 is 63.9. The number of aromatic nitrogens is 2. The van der Waals surface area contributed by atoms with Gasteiger partial charge in [0.25, 0.3) is 20.0 Å². The van der Waals surface area contributed by atoms with Crippen molar-refractivity contribution >= 4 is 48.4 Å². The zero-order valence-electron chi connectivity index (χ0n) is 24.7. The number of aryl methyl sites for hydroxylation is 2. The molecule has 5 aromatic carbocycles. The lowest BCUT2D eigenvalue weighted by Gasteiger charge is -2.15. The van der Waals surface area contributed by atoms with E-state index in [1.54, 1.807) is 72.8 Å². The second-order valence-corrected chi connectivity index (χ2v) is 14.0. The number of imidazole rings is 1. The quantitative estimate of drug-likeness (QED) is 0.117. The molecule has 232 valence electrons. The van der Waals surface area contributed by atoms with Gasteiger partial charge in [-0.3, -0.25) is 9.44 Å². The molecule has 10 nitrogen and oxygen atoms in total. The molecule has 0 radical (unpaired) electrons. The normalized spacial score (nSPS) is 11.7. The van der Waals surface area contributed by atoms with Crippen molar-refractivity contribution in [3.63, 3.8) is 0 Å². The summed E-state index contributed by atoms with van der Waals surface area (Å²) in [5.74, 6) is 0.332. The summed E-state index contributed by atoms with van der Waals surface area (Å²) in [5, 5.41) is 0. The number of nitrogens with zero attached hydrogens (tertiary/aromatic N) is 1. The van der Waals surface area contributed by atoms with Crippen molar-refractivity contribution in [2.24, 2.45) is 0 Å². The van der Waals surface area contributed by atoms with Crippen LogP contribution in [0.1, 0.15) is 21.5 Å². The molecule has 0 aliphatic carbocycles. The minimum Gasteiger partial charge on any atom is -0.423 e. The van der Waals surface area contributed by atoms with Gasteiger partial charge in [-0.1, -0.05) is 65.7 Å². The smallest absolute Gasteiger partial charge is 0.343 e. The molecule has 3 N–H and O–H groups in total. The Bertz CT molecular complexity index is 2150. The molecule has 0 aliphatic heterocycles. The molecule has 12 heteroatoms. The van der Waals surface area contributed by atoms with E-state index in [9.17, 15) is 21.6 Å². The number of carbonyl (C=O) groups is 1. The van der Waals surface area contributed by atoms with E-state index in [1.165, 1.54) is 36.4 Å². The molecule has 0 fully saturated rings. The summed E-state index contributed by atoms with van der Waals surface area (Å²) in [6, 6.07) is 30.9. The molecule has 0 spiro atoms. The molecule has 0 unspecified atom stereocenters. The van der Waals surface area contributed by atoms with E-state index < -0.39 is 26.0 Å². The minimum atomic E-state index is -4.09. The van der Waals surface area contributed by atoms with E-state index in [2.05, 4.69) is 19.4 Å². The van der Waals surface area contributed by atoms with E-state index in [1.807, 2.05) is 19.9 Å². The molecule has 0 saturated heterocycles. The Hall–Kier alpha value is -5.46. The van der Waals surface area contributed by atoms with Gasteiger partial charge < -0.3 is 9.72 Å². The van der Waals surface area contributed by atoms with Crippen LogP contribution >= 0.6 is 0 Å². The molecule has 6 aromatic rings. The highest BCUT2D eigenvalue weighted by Crippen LogP contribution is 2.33. The average Bonchev–Trinajstić information content (AvgIpc) is 3.44. The monoisotopic (exact) mass is 652 g/mol. The molecule has 0 amide bonds. The van der Waals surface area contributed by atoms with Gasteiger partial charge in [-0.25, -0.2) is 26.6 Å². The summed E-state index contributed by atoms with van der Waals surface area (Å²) in [6.45, 7) is 3.68. The summed E-state index contributed by atoms with van der Waals surface area (Å²) in [7, 11) is -8.19. The summed E-state index contributed by atoms with van der Waals surface area (Å²) >= 11 is 0. The third-order valence-electron chi connectivity index (χ3n) is 7.12. The van der Waals surface area contributed by atoms with Crippen LogP contribution in [0.3, 0.4) is 0 Å². The fourth-order valence-electron chi connectivity index (χ4n) is 4.62. The molecule has 6 rings (SSSR count). The highest BCUT2D eigenvalue weighted by Gasteiger charge is 2.22. The third-order valence-corrected chi connectivity index (χ3v) is 9.88. The molecule has 0 atom stereocenters. The first kappa shape index (κ1) is 30.6. The van der Waals surface area contributed by atoms with Crippen LogP contribution in [0.25, 0.3) is 22.4 Å². The standard InChI is InChI=1S/C34H28N4O6S2/c1-22-8-16-27(17-9-22)45(40,41)37-31-20-29-30(21-32(31)38-46(42,43)28-18-10-23(2)11-19-28)36-33(35-29)24-12-14-25(15-13-24)34(39)44-26-6-4-3-5-7-26/h3-21,37-38H,1-2H3,(H,35,36). The zero-order valence-corrected chi connectivity index (χ0v) is 26.3. The number of hydrogen-bond acceptors (Lipinski definition) is 7. The van der Waals surface area contributed by atoms with Crippen LogP contribution < -0.4 is 14.2 Å². The number of anilines is 2. The second-order valence-electron chi connectivity index (χ2n) is 10.6. The number of carbonyl (C=O) groups excluding carboxylic acids is 1. The number of rotatable bonds is 9. The number of hydrogen-bond donors (Lipinski definition) is 3. The van der Waals surface area contributed by atoms with E-state index in [0.717, 1.165) is 11.1 Å². The second kappa shape index (κ2) is 12.1. The van der Waals surface area contributed by atoms with Crippen LogP contribution in [-0.4, -0.2) is 32.8 Å². The predicted octanol–water partition coefficient (Wildman–Crippen LogP) is 6.67. The molecule has 1 aromatic heterocycles. The number of benzene rings is 5. The van der Waals surface area contributed by atoms with E-state index in [-0.39, 0.29) is 21.2 Å². The van der Waals surface area contributed by atoms with Crippen molar-refractivity contribution in [3.05, 3.63) is 132 Å². The fraction of sp³-hybridized carbons (Fsp3) is 0.0588. The van der Waals surface area contributed by atoms with Crippen molar-refractivity contribution < 1.29 is 26.4 Å². The maximum atomic E-state index is 13.4. The Morgan fingerprint density at radius 2 is 1.20 bits per heavy atom. The maximum absolute atomic E-state index is 13.4. The molecule has 0 saturated carbocycles. The Balaban J connectivity index is 1.35. The van der Waals surface area contributed by atoms with Gasteiger partial charge >= 0.3 is 5.97 Å². The van der Waals surface area contributed by atoms with Crippen LogP contribution in [0.4, 0.5) is 11.4 Å². The van der Waals surface area contributed by atoms with Crippen molar-refractivity contribution in [2.45, 2.75) is 23.6 Å². The molecule has 0 bridgehead atoms. The molecular weight excluding hydrogens is 625 g/mol. The van der Waals surface area contributed by atoms with Gasteiger partial charge in [0.2, 0.25) is 0 Å². The highest BCUT2D eigenvalue weighted by molar-refractivity contribution is 7.93. The van der Waals surface area contributed by atoms with Crippen molar-refractivity contribution in [2.75, 3.05) is 9.44 Å². The number of sulfonamides is 2. The van der Waals surface area contributed by atoms with Gasteiger partial charge in [0.1, 0.15) is 11.6 Å². The SMILES string of the molecule is Cc1ccc(S(=O)(=O)Nc2cc3nc(-c4ccc(C(=O)Oc5ccccc5)cc4)[nH]c3cc2NS(=O)(=O)c2ccc(C)cc2)cc1. The number of para-hydroxylation sites is 1. The number of H-pyrrole nitrogens is 1. The number of aromatic amines is 1. The van der Waals surface area contributed by atoms with Gasteiger partial charge in [-0.05, 0) is 74.5 Å². The van der Waals surface area contributed by atoms with Crippen molar-refractivity contribution in [3.8, 4) is 17.1 Å². The predicted molar refractivity (Wildman–Crippen MR) is 177 cm³/mol. The first-order valence-electron chi connectivity index (χ1n) is 14.1. The van der Waals surface area contributed by atoms with Gasteiger partial charge in [0, 0.05) is 5.56 Å². The van der Waals surface area contributed by atoms with Crippen LogP contribution in [-0.2, 0) is 20.0 Å². The topological polar surface area (TPSA) is 147 Å². The number of nitrogens with one attached hydrogen (secondary N) is 3. The van der Waals surface area contributed by atoms with Crippen LogP contribution in [0, 0.1) is 13.8 Å². The number of ether oxygens (including phenoxy) is 1. The summed E-state index contributed by atoms with van der Waals surface area (Å²) in [5.41, 5.74) is 3.55. The van der Waals surface area contributed by atoms with Gasteiger partial charge in [0.05, 0.1) is 37.8 Å². The lowest BCUT2D eigenvalue weighted by Crippen LogP contribution is -2.17. The van der Waals surface area contributed by atoms with Crippen LogP contribution in [0.5, 0.6) is 5.75 Å². The Morgan fingerprint density at radius 1 is 0.674 bits per heavy atom. The third kappa shape index (κ3) is 6.63. The van der Waals surface area contributed by atoms with E-state index in [0.29, 0.717) is 33.7 Å². The van der Waals surface area contributed by atoms with Crippen molar-refractivity contribution in [1.82, 2.24) is 9.97 Å². The highest BCUT2D eigenvalue weighted by atomic mass is 32.2. The van der Waals surface area contributed by atoms with Crippen molar-refractivity contribution in [1.29, 1.82) is 0 Å². The largest absolute Gasteiger partial charge is 0.423 e. The number of fused-ring (bicyclic) bond motifs is 1. The molecule has 1 heterocycles. The Morgan fingerprint density at radius 3 is 1.74 bits per heavy atom. The van der Waals surface area contributed by atoms with Gasteiger partial charge in [-0.15, -0.1) is 0 Å². The summed E-state index contributed by atoms with van der Waals surface area (Å²) in [4.78, 5) is 20.4. The van der Waals surface area contributed by atoms with Gasteiger partial charge in [0.15, 0.2) is 0 Å². The van der Waals surface area contributed by atoms with E-state index >= 15 is 0 Å². The zero-order chi connectivity index (χ0) is 32.5. The van der Waals surface area contributed by atoms with Gasteiger partial charge in [-0.2, -0.15) is 0 Å². The lowest BCUT2D eigenvalue weighted by atomic mass is 10.1. The van der Waals surface area contributed by atoms with Crippen LogP contribution in [0.2, 0.25) is 0 Å². The molecular formula is C34H28N4O6S2. The first-order chi connectivity index (χ1) is 22.0. The lowest BCUT2D eigenvalue weighted by molar-refractivity contribution is 0.0734.